The molecule has 2 aromatic heterocycles. The van der Waals surface area contributed by atoms with E-state index in [9.17, 15) is 0 Å². The van der Waals surface area contributed by atoms with Gasteiger partial charge in [-0.1, -0.05) is 25.4 Å². The Morgan fingerprint density at radius 2 is 2.22 bits per heavy atom. The zero-order valence-corrected chi connectivity index (χ0v) is 17.5. The van der Waals surface area contributed by atoms with Gasteiger partial charge in [0, 0.05) is 45.1 Å². The Balaban J connectivity index is 1.98. The van der Waals surface area contributed by atoms with E-state index < -0.39 is 0 Å². The highest BCUT2D eigenvalue weighted by Crippen LogP contribution is 2.20. The molecule has 0 bridgehead atoms. The highest BCUT2D eigenvalue weighted by atomic mass is 35.5. The van der Waals surface area contributed by atoms with Crippen LogP contribution in [0.3, 0.4) is 0 Å². The quantitative estimate of drug-likeness (QED) is 0.425. The summed E-state index contributed by atoms with van der Waals surface area (Å²) in [6, 6.07) is 3.53. The molecular formula is C19H29ClN6O. The molecule has 0 radical (unpaired) electrons. The van der Waals surface area contributed by atoms with Gasteiger partial charge in [0.2, 0.25) is 5.88 Å². The monoisotopic (exact) mass is 392 g/mol. The van der Waals surface area contributed by atoms with Crippen molar-refractivity contribution < 1.29 is 4.74 Å². The average molecular weight is 393 g/mol. The van der Waals surface area contributed by atoms with Crippen molar-refractivity contribution in [2.24, 2.45) is 12.0 Å². The van der Waals surface area contributed by atoms with Crippen molar-refractivity contribution in [3.05, 3.63) is 40.8 Å². The Labute approximate surface area is 166 Å². The van der Waals surface area contributed by atoms with Crippen molar-refractivity contribution in [3.63, 3.8) is 0 Å². The van der Waals surface area contributed by atoms with Gasteiger partial charge in [-0.2, -0.15) is 5.10 Å². The van der Waals surface area contributed by atoms with Gasteiger partial charge in [-0.3, -0.25) is 4.68 Å². The predicted molar refractivity (Wildman–Crippen MR) is 109 cm³/mol. The van der Waals surface area contributed by atoms with Crippen molar-refractivity contribution in [1.82, 2.24) is 25.0 Å². The molecule has 0 unspecified atom stereocenters. The van der Waals surface area contributed by atoms with Gasteiger partial charge in [-0.05, 0) is 25.0 Å². The maximum atomic E-state index is 6.05. The molecule has 0 atom stereocenters. The number of ether oxygens (including phenoxy) is 1. The van der Waals surface area contributed by atoms with Crippen molar-refractivity contribution in [3.8, 4) is 5.88 Å². The third-order valence-corrected chi connectivity index (χ3v) is 4.19. The number of aliphatic imine (C=N–C) groups is 1. The van der Waals surface area contributed by atoms with E-state index in [-0.39, 0.29) is 0 Å². The molecule has 27 heavy (non-hydrogen) atoms. The van der Waals surface area contributed by atoms with Crippen molar-refractivity contribution in [2.45, 2.75) is 33.2 Å². The van der Waals surface area contributed by atoms with E-state index in [4.69, 9.17) is 16.3 Å². The van der Waals surface area contributed by atoms with Crippen LogP contribution in [0.2, 0.25) is 5.02 Å². The summed E-state index contributed by atoms with van der Waals surface area (Å²) in [5, 5.41) is 8.40. The molecule has 0 amide bonds. The molecule has 148 valence electrons. The van der Waals surface area contributed by atoms with Gasteiger partial charge in [-0.25, -0.2) is 9.98 Å². The third-order valence-electron chi connectivity index (χ3n) is 3.90. The Hall–Kier alpha value is -2.28. The first-order chi connectivity index (χ1) is 12.9. The zero-order chi connectivity index (χ0) is 19.8. The number of hydrogen-bond donors (Lipinski definition) is 1. The van der Waals surface area contributed by atoms with E-state index >= 15 is 0 Å². The standard InChI is InChI=1S/C19H29ClN6O/c1-6-21-19(23-10-11-27-18-16(20)8-7-9-22-18)25(4)12-15-13-26(5)24-17(15)14(2)3/h7-9,13-14H,6,10-12H2,1-5H3,(H,21,23). The Kier molecular flexibility index (Phi) is 7.91. The smallest absolute Gasteiger partial charge is 0.232 e. The first-order valence-corrected chi connectivity index (χ1v) is 9.55. The van der Waals surface area contributed by atoms with Crippen molar-refractivity contribution in [2.75, 3.05) is 26.7 Å². The number of aromatic nitrogens is 3. The Morgan fingerprint density at radius 3 is 2.89 bits per heavy atom. The zero-order valence-electron chi connectivity index (χ0n) is 16.7. The first kappa shape index (κ1) is 21.0. The fourth-order valence-corrected chi connectivity index (χ4v) is 2.91. The van der Waals surface area contributed by atoms with Gasteiger partial charge in [0.1, 0.15) is 11.6 Å². The number of pyridine rings is 1. The number of halogens is 1. The number of aryl methyl sites for hydroxylation is 1. The van der Waals surface area contributed by atoms with Gasteiger partial charge in [-0.15, -0.1) is 0 Å². The normalized spacial score (nSPS) is 11.7. The average Bonchev–Trinajstić information content (AvgIpc) is 2.99. The number of nitrogens with zero attached hydrogens (tertiary/aromatic N) is 5. The molecule has 0 spiro atoms. The van der Waals surface area contributed by atoms with Crippen LogP contribution < -0.4 is 10.1 Å². The maximum absolute atomic E-state index is 6.05. The minimum Gasteiger partial charge on any atom is -0.475 e. The molecule has 0 saturated carbocycles. The van der Waals surface area contributed by atoms with Gasteiger partial charge >= 0.3 is 0 Å². The van der Waals surface area contributed by atoms with Crippen LogP contribution in [-0.4, -0.2) is 52.4 Å². The molecule has 2 heterocycles. The SMILES string of the molecule is CCNC(=NCCOc1ncccc1Cl)N(C)Cc1cn(C)nc1C(C)C. The fraction of sp³-hybridized carbons (Fsp3) is 0.526. The lowest BCUT2D eigenvalue weighted by Gasteiger charge is -2.22. The third kappa shape index (κ3) is 6.13. The summed E-state index contributed by atoms with van der Waals surface area (Å²) >= 11 is 6.05. The lowest BCUT2D eigenvalue weighted by molar-refractivity contribution is 0.315. The van der Waals surface area contributed by atoms with Crippen LogP contribution in [0.4, 0.5) is 0 Å². The van der Waals surface area contributed by atoms with E-state index in [0.29, 0.717) is 30.0 Å². The Morgan fingerprint density at radius 1 is 1.44 bits per heavy atom. The van der Waals surface area contributed by atoms with Gasteiger partial charge in [0.15, 0.2) is 5.96 Å². The second kappa shape index (κ2) is 10.2. The lowest BCUT2D eigenvalue weighted by Crippen LogP contribution is -2.39. The largest absolute Gasteiger partial charge is 0.475 e. The van der Waals surface area contributed by atoms with Crippen LogP contribution in [0.15, 0.2) is 29.5 Å². The molecule has 0 aromatic carbocycles. The van der Waals surface area contributed by atoms with Crippen molar-refractivity contribution in [1.29, 1.82) is 0 Å². The molecule has 7 nitrogen and oxygen atoms in total. The second-order valence-corrected chi connectivity index (χ2v) is 7.01. The van der Waals surface area contributed by atoms with Gasteiger partial charge < -0.3 is 15.0 Å². The summed E-state index contributed by atoms with van der Waals surface area (Å²) < 4.78 is 7.48. The number of hydrogen-bond acceptors (Lipinski definition) is 4. The summed E-state index contributed by atoms with van der Waals surface area (Å²) in [5.74, 6) is 1.64. The summed E-state index contributed by atoms with van der Waals surface area (Å²) in [7, 11) is 3.98. The van der Waals surface area contributed by atoms with E-state index in [0.717, 1.165) is 24.7 Å². The fourth-order valence-electron chi connectivity index (χ4n) is 2.73. The minimum atomic E-state index is 0.380. The topological polar surface area (TPSA) is 67.6 Å². The molecule has 0 fully saturated rings. The minimum absolute atomic E-state index is 0.380. The van der Waals surface area contributed by atoms with Crippen LogP contribution in [0.25, 0.3) is 0 Å². The lowest BCUT2D eigenvalue weighted by atomic mass is 10.1. The number of rotatable bonds is 8. The van der Waals surface area contributed by atoms with E-state index in [1.807, 2.05) is 18.8 Å². The molecule has 0 aliphatic heterocycles. The second-order valence-electron chi connectivity index (χ2n) is 6.60. The predicted octanol–water partition coefficient (Wildman–Crippen LogP) is 3.07. The number of nitrogens with one attached hydrogen (secondary N) is 1. The summed E-state index contributed by atoms with van der Waals surface area (Å²) in [4.78, 5) is 10.9. The molecule has 0 saturated heterocycles. The molecule has 8 heteroatoms. The summed E-state index contributed by atoms with van der Waals surface area (Å²) in [6.07, 6.45) is 3.73. The van der Waals surface area contributed by atoms with Crippen LogP contribution in [-0.2, 0) is 13.6 Å². The summed E-state index contributed by atoms with van der Waals surface area (Å²) in [5.41, 5.74) is 2.32. The molecule has 1 N–H and O–H groups in total. The van der Waals surface area contributed by atoms with Crippen molar-refractivity contribution >= 4 is 17.6 Å². The van der Waals surface area contributed by atoms with E-state index in [1.54, 1.807) is 18.3 Å². The van der Waals surface area contributed by atoms with Crippen LogP contribution >= 0.6 is 11.6 Å². The van der Waals surface area contributed by atoms with Crippen LogP contribution in [0.5, 0.6) is 5.88 Å². The van der Waals surface area contributed by atoms with Crippen LogP contribution in [0, 0.1) is 0 Å². The highest BCUT2D eigenvalue weighted by Gasteiger charge is 2.15. The molecule has 0 aliphatic carbocycles. The first-order valence-electron chi connectivity index (χ1n) is 9.17. The summed E-state index contributed by atoms with van der Waals surface area (Å²) in [6.45, 7) is 8.81. The van der Waals surface area contributed by atoms with E-state index in [2.05, 4.69) is 52.3 Å². The maximum Gasteiger partial charge on any atom is 0.232 e. The van der Waals surface area contributed by atoms with Gasteiger partial charge in [0.25, 0.3) is 0 Å². The Bertz CT molecular complexity index is 758. The van der Waals surface area contributed by atoms with Gasteiger partial charge in [0.05, 0.1) is 12.2 Å². The molecule has 2 aromatic rings. The molecule has 2 rings (SSSR count). The molecular weight excluding hydrogens is 364 g/mol. The highest BCUT2D eigenvalue weighted by molar-refractivity contribution is 6.31. The van der Waals surface area contributed by atoms with E-state index in [1.165, 1.54) is 5.56 Å². The van der Waals surface area contributed by atoms with Crippen LogP contribution in [0.1, 0.15) is 37.9 Å². The number of guanidine groups is 1. The molecule has 0 aliphatic rings.